The van der Waals surface area contributed by atoms with Gasteiger partial charge in [0, 0.05) is 56.9 Å². The maximum Gasteiger partial charge on any atom is 0.344 e. The van der Waals surface area contributed by atoms with Gasteiger partial charge in [-0.05, 0) is 62.2 Å². The number of nitrogens with one attached hydrogen (secondary N) is 2. The zero-order chi connectivity index (χ0) is 37.3. The normalized spacial score (nSPS) is 15.7. The Morgan fingerprint density at radius 3 is 1.43 bits per heavy atom. The Morgan fingerprint density at radius 1 is 0.627 bits per heavy atom. The van der Waals surface area contributed by atoms with Gasteiger partial charge in [-0.15, -0.1) is 0 Å². The smallest absolute Gasteiger partial charge is 0.344 e. The van der Waals surface area contributed by atoms with Crippen LogP contribution in [0.15, 0.2) is 54.6 Å². The molecule has 1 fully saturated rings. The third-order valence-corrected chi connectivity index (χ3v) is 9.64. The molecule has 1 aliphatic rings. The highest BCUT2D eigenvalue weighted by atomic mass is 31.2. The van der Waals surface area contributed by atoms with Crippen LogP contribution in [0.25, 0.3) is 0 Å². The number of hydrogen-bond donors (Lipinski definition) is 8. The van der Waals surface area contributed by atoms with Gasteiger partial charge in [0.2, 0.25) is 0 Å². The molecule has 0 aromatic heterocycles. The van der Waals surface area contributed by atoms with Gasteiger partial charge in [-0.3, -0.25) is 33.4 Å². The number of nitrogens with zero attached hydrogens (tertiary/aromatic N) is 3. The molecule has 1 aliphatic heterocycles. The first-order valence-electron chi connectivity index (χ1n) is 16.5. The van der Waals surface area contributed by atoms with Crippen molar-refractivity contribution in [2.24, 2.45) is 0 Å². The van der Waals surface area contributed by atoms with E-state index in [4.69, 9.17) is 0 Å². The second kappa shape index (κ2) is 17.7. The fourth-order valence-corrected chi connectivity index (χ4v) is 6.75. The number of phenolic OH excluding ortho intramolecular Hbond substituents is 2. The van der Waals surface area contributed by atoms with Crippen LogP contribution in [0.1, 0.15) is 55.0 Å². The zero-order valence-corrected chi connectivity index (χ0v) is 30.5. The molecule has 1 saturated heterocycles. The van der Waals surface area contributed by atoms with Crippen LogP contribution >= 0.6 is 15.2 Å². The van der Waals surface area contributed by atoms with Crippen LogP contribution in [0, 0.1) is 13.8 Å². The monoisotopic (exact) mass is 747 g/mol. The molecule has 0 saturated carbocycles. The van der Waals surface area contributed by atoms with Crippen molar-refractivity contribution in [3.8, 4) is 11.5 Å². The Morgan fingerprint density at radius 2 is 1.02 bits per heavy atom. The van der Waals surface area contributed by atoms with E-state index < -0.39 is 39.6 Å². The Hall–Kier alpha value is -3.62. The van der Waals surface area contributed by atoms with E-state index in [1.807, 2.05) is 18.2 Å². The first-order chi connectivity index (χ1) is 24.0. The second-order valence-corrected chi connectivity index (χ2v) is 16.3. The van der Waals surface area contributed by atoms with Crippen molar-refractivity contribution >= 4 is 27.0 Å². The van der Waals surface area contributed by atoms with Crippen LogP contribution in [-0.4, -0.2) is 108 Å². The van der Waals surface area contributed by atoms with Crippen molar-refractivity contribution in [2.75, 3.05) is 51.8 Å². The number of rotatable bonds is 12. The minimum absolute atomic E-state index is 0.0780. The standard InChI is InChI=1S/C34H47N5O10P2/c1-24-15-27(31(40)29(17-24)33(42)35-22-50(44,45)46)20-38-10-6-9-37(19-26-7-4-3-5-8-26)11-13-39(14-12-38)21-28-16-25(2)18-30(32(28)41)34(43)36-23-51(47,48)49/h3-5,7-8,15-18,40-41H,6,9-14,19-23H2,1-2H3,(H,35,42)(H,36,43)(H2,44,45,46)(H2,47,48,49). The molecule has 0 aliphatic carbocycles. The SMILES string of the molecule is Cc1cc(CN2CCCN(Cc3ccccc3)CCN(Cc3cc(C)cc(C(=O)NCP(=O)(O)O)c3O)CC2)c(O)c(C(=O)NCP(=O)(O)O)c1. The van der Waals surface area contributed by atoms with Crippen molar-refractivity contribution in [3.63, 3.8) is 0 Å². The Balaban J connectivity index is 1.58. The summed E-state index contributed by atoms with van der Waals surface area (Å²) in [4.78, 5) is 69.0. The fraction of sp³-hybridized carbons (Fsp3) is 0.412. The van der Waals surface area contributed by atoms with Crippen molar-refractivity contribution in [1.29, 1.82) is 0 Å². The van der Waals surface area contributed by atoms with Gasteiger partial charge in [0.05, 0.1) is 11.1 Å². The number of amides is 2. The molecule has 0 spiro atoms. The maximum atomic E-state index is 12.8. The van der Waals surface area contributed by atoms with Gasteiger partial charge < -0.3 is 40.4 Å². The first kappa shape index (κ1) is 40.2. The van der Waals surface area contributed by atoms with Gasteiger partial charge in [-0.1, -0.05) is 42.5 Å². The van der Waals surface area contributed by atoms with Gasteiger partial charge in [-0.25, -0.2) is 0 Å². The van der Waals surface area contributed by atoms with Gasteiger partial charge in [0.15, 0.2) is 0 Å². The van der Waals surface area contributed by atoms with Crippen molar-refractivity contribution in [2.45, 2.75) is 39.9 Å². The van der Waals surface area contributed by atoms with Crippen LogP contribution in [-0.2, 0) is 28.8 Å². The molecule has 0 unspecified atom stereocenters. The summed E-state index contributed by atoms with van der Waals surface area (Å²) >= 11 is 0. The van der Waals surface area contributed by atoms with Gasteiger partial charge in [-0.2, -0.15) is 0 Å². The second-order valence-electron chi connectivity index (χ2n) is 13.0. The molecular weight excluding hydrogens is 700 g/mol. The predicted molar refractivity (Wildman–Crippen MR) is 191 cm³/mol. The van der Waals surface area contributed by atoms with Crippen LogP contribution in [0.2, 0.25) is 0 Å². The molecule has 17 heteroatoms. The lowest BCUT2D eigenvalue weighted by molar-refractivity contribution is 0.0945. The highest BCUT2D eigenvalue weighted by Crippen LogP contribution is 2.34. The number of hydrogen-bond acceptors (Lipinski definition) is 9. The largest absolute Gasteiger partial charge is 0.507 e. The quantitative estimate of drug-likeness (QED) is 0.125. The number of carbonyl (C=O) groups excluding carboxylic acids is 2. The summed E-state index contributed by atoms with van der Waals surface area (Å²) in [5.41, 5.74) is 3.35. The van der Waals surface area contributed by atoms with Crippen molar-refractivity contribution < 1.29 is 48.5 Å². The van der Waals surface area contributed by atoms with E-state index in [0.29, 0.717) is 55.0 Å². The lowest BCUT2D eigenvalue weighted by Gasteiger charge is -2.33. The molecule has 1 heterocycles. The molecule has 278 valence electrons. The van der Waals surface area contributed by atoms with E-state index in [1.165, 1.54) is 12.1 Å². The Bertz CT molecular complexity index is 1780. The fourth-order valence-electron chi connectivity index (χ4n) is 6.05. The van der Waals surface area contributed by atoms with Crippen LogP contribution in [0.3, 0.4) is 0 Å². The lowest BCUT2D eigenvalue weighted by Crippen LogP contribution is -2.42. The molecule has 8 N–H and O–H groups in total. The molecule has 0 atom stereocenters. The zero-order valence-electron chi connectivity index (χ0n) is 28.7. The molecule has 3 aromatic carbocycles. The number of phenols is 2. The van der Waals surface area contributed by atoms with E-state index in [-0.39, 0.29) is 29.2 Å². The molecule has 0 radical (unpaired) electrons. The summed E-state index contributed by atoms with van der Waals surface area (Å²) in [5, 5.41) is 26.7. The maximum absolute atomic E-state index is 12.8. The van der Waals surface area contributed by atoms with Crippen LogP contribution < -0.4 is 10.6 Å². The molecular formula is C34H47N5O10P2. The first-order valence-corrected chi connectivity index (χ1v) is 20.1. The summed E-state index contributed by atoms with van der Waals surface area (Å²) in [6.45, 7) is 8.68. The average Bonchev–Trinajstić information content (AvgIpc) is 3.05. The predicted octanol–water partition coefficient (Wildman–Crippen LogP) is 2.65. The van der Waals surface area contributed by atoms with Gasteiger partial charge in [0.25, 0.3) is 11.8 Å². The molecule has 51 heavy (non-hydrogen) atoms. The number of benzene rings is 3. The highest BCUT2D eigenvalue weighted by molar-refractivity contribution is 7.52. The summed E-state index contributed by atoms with van der Waals surface area (Å²) in [6, 6.07) is 16.6. The number of carbonyl (C=O) groups is 2. The number of aryl methyl sites for hydroxylation is 2. The summed E-state index contributed by atoms with van der Waals surface area (Å²) < 4.78 is 22.6. The number of aromatic hydroxyl groups is 2. The van der Waals surface area contributed by atoms with Gasteiger partial charge >= 0.3 is 15.2 Å². The average molecular weight is 748 g/mol. The minimum atomic E-state index is -4.51. The highest BCUT2D eigenvalue weighted by Gasteiger charge is 2.24. The Kier molecular flexibility index (Phi) is 14.0. The van der Waals surface area contributed by atoms with E-state index >= 15 is 0 Å². The summed E-state index contributed by atoms with van der Waals surface area (Å²) in [7, 11) is -9.01. The minimum Gasteiger partial charge on any atom is -0.507 e. The van der Waals surface area contributed by atoms with E-state index in [2.05, 4.69) is 37.5 Å². The molecule has 4 rings (SSSR count). The van der Waals surface area contributed by atoms with E-state index in [1.54, 1.807) is 26.0 Å². The molecule has 2 amide bonds. The van der Waals surface area contributed by atoms with Crippen molar-refractivity contribution in [3.05, 3.63) is 93.5 Å². The summed E-state index contributed by atoms with van der Waals surface area (Å²) in [5.74, 6) is -2.13. The van der Waals surface area contributed by atoms with Crippen LogP contribution in [0.4, 0.5) is 0 Å². The third-order valence-electron chi connectivity index (χ3n) is 8.50. The third kappa shape index (κ3) is 12.8. The topological polar surface area (TPSA) is 223 Å². The van der Waals surface area contributed by atoms with E-state index in [0.717, 1.165) is 31.6 Å². The van der Waals surface area contributed by atoms with Crippen LogP contribution in [0.5, 0.6) is 11.5 Å². The Labute approximate surface area is 297 Å². The molecule has 0 bridgehead atoms. The molecule has 15 nitrogen and oxygen atoms in total. The van der Waals surface area contributed by atoms with Crippen molar-refractivity contribution in [1.82, 2.24) is 25.3 Å². The van der Waals surface area contributed by atoms with E-state index in [9.17, 15) is 48.5 Å². The summed E-state index contributed by atoms with van der Waals surface area (Å²) in [6.07, 6.45) is -0.892. The van der Waals surface area contributed by atoms with Gasteiger partial charge in [0.1, 0.15) is 24.1 Å². The lowest BCUT2D eigenvalue weighted by atomic mass is 10.0. The molecule has 3 aromatic rings.